The number of rotatable bonds is 5. The van der Waals surface area contributed by atoms with Crippen LogP contribution in [0.25, 0.3) is 0 Å². The molecule has 0 aliphatic heterocycles. The van der Waals surface area contributed by atoms with Gasteiger partial charge in [0.05, 0.1) is 5.69 Å². The maximum atomic E-state index is 11.2. The van der Waals surface area contributed by atoms with E-state index in [1.165, 1.54) is 6.07 Å². The largest absolute Gasteiger partial charge is 0.384 e. The van der Waals surface area contributed by atoms with Gasteiger partial charge in [-0.05, 0) is 18.6 Å². The Hall–Kier alpha value is -1.33. The lowest BCUT2D eigenvalue weighted by Gasteiger charge is -2.08. The third kappa shape index (κ3) is 3.38. The Morgan fingerprint density at radius 1 is 1.40 bits per heavy atom. The van der Waals surface area contributed by atoms with Gasteiger partial charge in [-0.25, -0.2) is 13.6 Å². The summed E-state index contributed by atoms with van der Waals surface area (Å²) in [5, 5.41) is 8.06. The van der Waals surface area contributed by atoms with Crippen LogP contribution in [-0.4, -0.2) is 15.0 Å². The summed E-state index contributed by atoms with van der Waals surface area (Å²) in [7, 11) is -3.66. The van der Waals surface area contributed by atoms with Crippen molar-refractivity contribution >= 4 is 15.7 Å². The highest BCUT2D eigenvalue weighted by molar-refractivity contribution is 7.89. The van der Waals surface area contributed by atoms with Gasteiger partial charge in [-0.1, -0.05) is 18.2 Å². The van der Waals surface area contributed by atoms with Crippen LogP contribution >= 0.6 is 0 Å². The van der Waals surface area contributed by atoms with Gasteiger partial charge in [0.15, 0.2) is 0 Å². The van der Waals surface area contributed by atoms with Crippen molar-refractivity contribution in [3.8, 4) is 0 Å². The molecule has 0 heterocycles. The second-order valence-corrected chi connectivity index (χ2v) is 4.58. The van der Waals surface area contributed by atoms with Gasteiger partial charge in [0, 0.05) is 6.54 Å². The number of nitrogens with one attached hydrogen (secondary N) is 1. The van der Waals surface area contributed by atoms with Crippen LogP contribution in [0.15, 0.2) is 41.8 Å². The van der Waals surface area contributed by atoms with E-state index in [0.29, 0.717) is 12.2 Å². The van der Waals surface area contributed by atoms with E-state index in [0.717, 1.165) is 6.42 Å². The molecule has 0 saturated heterocycles. The van der Waals surface area contributed by atoms with Crippen LogP contribution in [-0.2, 0) is 10.0 Å². The molecule has 15 heavy (non-hydrogen) atoms. The molecular formula is C10H14N2O2S. The number of primary sulfonamides is 1. The summed E-state index contributed by atoms with van der Waals surface area (Å²) in [6.45, 7) is 4.22. The first-order valence-electron chi connectivity index (χ1n) is 4.52. The minimum Gasteiger partial charge on any atom is -0.384 e. The Labute approximate surface area is 89.9 Å². The van der Waals surface area contributed by atoms with Crippen LogP contribution in [0, 0.1) is 0 Å². The number of hydrogen-bond acceptors (Lipinski definition) is 3. The van der Waals surface area contributed by atoms with Crippen molar-refractivity contribution in [1.82, 2.24) is 0 Å². The van der Waals surface area contributed by atoms with E-state index in [9.17, 15) is 8.42 Å². The average molecular weight is 226 g/mol. The monoisotopic (exact) mass is 226 g/mol. The Morgan fingerprint density at radius 3 is 2.67 bits per heavy atom. The van der Waals surface area contributed by atoms with E-state index in [1.54, 1.807) is 24.3 Å². The second kappa shape index (κ2) is 4.95. The zero-order valence-corrected chi connectivity index (χ0v) is 9.13. The van der Waals surface area contributed by atoms with Gasteiger partial charge in [0.25, 0.3) is 0 Å². The summed E-state index contributed by atoms with van der Waals surface area (Å²) in [6.07, 6.45) is 2.52. The topological polar surface area (TPSA) is 72.2 Å². The summed E-state index contributed by atoms with van der Waals surface area (Å²) >= 11 is 0. The highest BCUT2D eigenvalue weighted by atomic mass is 32.2. The van der Waals surface area contributed by atoms with Crippen molar-refractivity contribution in [3.05, 3.63) is 36.9 Å². The van der Waals surface area contributed by atoms with E-state index < -0.39 is 10.0 Å². The van der Waals surface area contributed by atoms with Crippen molar-refractivity contribution in [3.63, 3.8) is 0 Å². The van der Waals surface area contributed by atoms with E-state index in [2.05, 4.69) is 11.9 Å². The fourth-order valence-electron chi connectivity index (χ4n) is 1.17. The van der Waals surface area contributed by atoms with Gasteiger partial charge in [0.2, 0.25) is 10.0 Å². The molecule has 0 saturated carbocycles. The molecule has 0 radical (unpaired) electrons. The molecule has 0 unspecified atom stereocenters. The van der Waals surface area contributed by atoms with Gasteiger partial charge in [0.1, 0.15) is 4.90 Å². The van der Waals surface area contributed by atoms with E-state index in [4.69, 9.17) is 5.14 Å². The first kappa shape index (κ1) is 11.7. The summed E-state index contributed by atoms with van der Waals surface area (Å²) in [6, 6.07) is 6.55. The lowest BCUT2D eigenvalue weighted by molar-refractivity contribution is 0.598. The van der Waals surface area contributed by atoms with Crippen molar-refractivity contribution < 1.29 is 8.42 Å². The fourth-order valence-corrected chi connectivity index (χ4v) is 1.88. The molecule has 0 aliphatic carbocycles. The minimum atomic E-state index is -3.66. The Morgan fingerprint density at radius 2 is 2.07 bits per heavy atom. The number of para-hydroxylation sites is 1. The minimum absolute atomic E-state index is 0.120. The lowest BCUT2D eigenvalue weighted by atomic mass is 10.3. The molecule has 0 bridgehead atoms. The van der Waals surface area contributed by atoms with Crippen LogP contribution in [0.1, 0.15) is 6.42 Å². The zero-order chi connectivity index (χ0) is 11.3. The van der Waals surface area contributed by atoms with Crippen molar-refractivity contribution in [2.45, 2.75) is 11.3 Å². The molecule has 0 atom stereocenters. The third-order valence-electron chi connectivity index (χ3n) is 1.86. The van der Waals surface area contributed by atoms with Gasteiger partial charge in [-0.2, -0.15) is 0 Å². The van der Waals surface area contributed by atoms with Gasteiger partial charge >= 0.3 is 0 Å². The predicted molar refractivity (Wildman–Crippen MR) is 61.1 cm³/mol. The molecular weight excluding hydrogens is 212 g/mol. The number of anilines is 1. The fraction of sp³-hybridized carbons (Fsp3) is 0.200. The Balaban J connectivity index is 2.92. The summed E-state index contributed by atoms with van der Waals surface area (Å²) < 4.78 is 22.4. The normalized spacial score (nSPS) is 11.0. The summed E-state index contributed by atoms with van der Waals surface area (Å²) in [4.78, 5) is 0.120. The van der Waals surface area contributed by atoms with E-state index >= 15 is 0 Å². The van der Waals surface area contributed by atoms with Gasteiger partial charge in [-0.15, -0.1) is 6.58 Å². The molecule has 0 aliphatic rings. The molecule has 1 rings (SSSR count). The SMILES string of the molecule is C=CCCNc1ccccc1S(N)(=O)=O. The standard InChI is InChI=1S/C10H14N2O2S/c1-2-3-8-12-9-6-4-5-7-10(9)15(11,13)14/h2,4-7,12H,1,3,8H2,(H2,11,13,14). The number of nitrogens with two attached hydrogens (primary N) is 1. The van der Waals surface area contributed by atoms with Gasteiger partial charge < -0.3 is 5.32 Å². The van der Waals surface area contributed by atoms with E-state index in [-0.39, 0.29) is 4.90 Å². The molecule has 82 valence electrons. The van der Waals surface area contributed by atoms with Crippen LogP contribution < -0.4 is 10.5 Å². The van der Waals surface area contributed by atoms with Crippen molar-refractivity contribution in [2.24, 2.45) is 5.14 Å². The summed E-state index contributed by atoms with van der Waals surface area (Å²) in [5.74, 6) is 0. The average Bonchev–Trinajstić information content (AvgIpc) is 2.17. The molecule has 3 N–H and O–H groups in total. The van der Waals surface area contributed by atoms with Crippen molar-refractivity contribution in [1.29, 1.82) is 0 Å². The van der Waals surface area contributed by atoms with Gasteiger partial charge in [-0.3, -0.25) is 0 Å². The predicted octanol–water partition coefficient (Wildman–Crippen LogP) is 1.32. The molecule has 0 aromatic heterocycles. The number of benzene rings is 1. The highest BCUT2D eigenvalue weighted by Crippen LogP contribution is 2.18. The molecule has 4 nitrogen and oxygen atoms in total. The number of sulfonamides is 1. The molecule has 5 heteroatoms. The Kier molecular flexibility index (Phi) is 3.88. The summed E-state index contributed by atoms with van der Waals surface area (Å²) in [5.41, 5.74) is 0.529. The lowest BCUT2D eigenvalue weighted by Crippen LogP contribution is -2.15. The van der Waals surface area contributed by atoms with Crippen LogP contribution in [0.2, 0.25) is 0 Å². The quantitative estimate of drug-likeness (QED) is 0.587. The highest BCUT2D eigenvalue weighted by Gasteiger charge is 2.11. The first-order valence-corrected chi connectivity index (χ1v) is 6.07. The number of hydrogen-bond donors (Lipinski definition) is 2. The maximum Gasteiger partial charge on any atom is 0.240 e. The molecule has 0 fully saturated rings. The van der Waals surface area contributed by atoms with Crippen LogP contribution in [0.3, 0.4) is 0 Å². The second-order valence-electron chi connectivity index (χ2n) is 3.05. The third-order valence-corrected chi connectivity index (χ3v) is 2.83. The van der Waals surface area contributed by atoms with E-state index in [1.807, 2.05) is 0 Å². The molecule has 1 aromatic carbocycles. The Bertz CT molecular complexity index is 440. The first-order chi connectivity index (χ1) is 7.05. The molecule has 1 aromatic rings. The van der Waals surface area contributed by atoms with Crippen LogP contribution in [0.4, 0.5) is 5.69 Å². The molecule has 0 amide bonds. The maximum absolute atomic E-state index is 11.2. The van der Waals surface area contributed by atoms with Crippen LogP contribution in [0.5, 0.6) is 0 Å². The van der Waals surface area contributed by atoms with Crippen molar-refractivity contribution in [2.75, 3.05) is 11.9 Å². The smallest absolute Gasteiger partial charge is 0.240 e. The zero-order valence-electron chi connectivity index (χ0n) is 8.31. The molecule has 0 spiro atoms.